The Bertz CT molecular complexity index is 3760. The molecular formula is C57H36N4O. The third-order valence-electron chi connectivity index (χ3n) is 12.7. The van der Waals surface area contributed by atoms with Crippen LogP contribution in [0.4, 0.5) is 0 Å². The number of allylic oxidation sites excluding steroid dienone is 4. The smallest absolute Gasteiger partial charge is 0.164 e. The van der Waals surface area contributed by atoms with Crippen LogP contribution in [0.15, 0.2) is 205 Å². The highest BCUT2D eigenvalue weighted by molar-refractivity contribution is 6.22. The van der Waals surface area contributed by atoms with Gasteiger partial charge in [0.15, 0.2) is 23.1 Å². The highest BCUT2D eigenvalue weighted by Crippen LogP contribution is 2.43. The van der Waals surface area contributed by atoms with E-state index in [1.165, 1.54) is 37.9 Å². The van der Waals surface area contributed by atoms with Crippen LogP contribution in [0.5, 0.6) is 0 Å². The predicted molar refractivity (Wildman–Crippen MR) is 256 cm³/mol. The highest BCUT2D eigenvalue weighted by atomic mass is 16.3. The Morgan fingerprint density at radius 1 is 0.468 bits per heavy atom. The van der Waals surface area contributed by atoms with Gasteiger partial charge in [-0.3, -0.25) is 0 Å². The molecule has 13 rings (SSSR count). The van der Waals surface area contributed by atoms with E-state index in [1.54, 1.807) is 0 Å². The molecule has 0 aliphatic heterocycles. The summed E-state index contributed by atoms with van der Waals surface area (Å²) in [5.41, 5.74) is 9.12. The van der Waals surface area contributed by atoms with Gasteiger partial charge in [-0.2, -0.15) is 0 Å². The molecule has 0 fully saturated rings. The zero-order chi connectivity index (χ0) is 40.7. The number of rotatable bonds is 5. The SMILES string of the molecule is C1=CCC(c2ccccc2-c2nc(-c3ccccc3)nc(-c3ccc4c(ccc5oc6c(-n7c8cc9ccccc9cc8c8cc9ccccc9cc87)cccc6c54)c3)n2)C=C1. The summed E-state index contributed by atoms with van der Waals surface area (Å²) < 4.78 is 9.33. The first-order valence-electron chi connectivity index (χ1n) is 21.2. The van der Waals surface area contributed by atoms with Gasteiger partial charge in [0.1, 0.15) is 5.58 Å². The van der Waals surface area contributed by atoms with Crippen LogP contribution in [0.1, 0.15) is 17.9 Å². The minimum atomic E-state index is 0.250. The van der Waals surface area contributed by atoms with Crippen LogP contribution in [-0.4, -0.2) is 19.5 Å². The van der Waals surface area contributed by atoms with Gasteiger partial charge in [-0.15, -0.1) is 0 Å². The summed E-state index contributed by atoms with van der Waals surface area (Å²) in [4.78, 5) is 15.4. The Morgan fingerprint density at radius 2 is 1.13 bits per heavy atom. The van der Waals surface area contributed by atoms with Gasteiger partial charge in [0.05, 0.1) is 16.7 Å². The standard InChI is InChI=1S/C57H36N4O/c1-3-14-35(15-4-1)43-22-11-12-23-45(43)57-59-55(36-16-5-2-6-17-36)58-56(60-57)42-26-28-44-41(30-42)27-29-52-53(44)46-24-13-25-49(54(46)62-52)61-50-33-39-20-9-7-18-37(39)31-47(50)48-32-38-19-8-10-21-40(38)34-51(48)61/h1-14,16-35H,15H2. The minimum Gasteiger partial charge on any atom is -0.454 e. The van der Waals surface area contributed by atoms with Crippen molar-refractivity contribution in [3.05, 3.63) is 206 Å². The zero-order valence-electron chi connectivity index (χ0n) is 33.5. The van der Waals surface area contributed by atoms with Gasteiger partial charge in [-0.1, -0.05) is 158 Å². The van der Waals surface area contributed by atoms with Crippen molar-refractivity contribution >= 4 is 76.1 Å². The molecule has 5 heteroatoms. The Hall–Kier alpha value is -8.15. The number of hydrogen-bond acceptors (Lipinski definition) is 4. The molecule has 0 bridgehead atoms. The van der Waals surface area contributed by atoms with Crippen LogP contribution in [0, 0.1) is 0 Å². The summed E-state index contributed by atoms with van der Waals surface area (Å²) in [6, 6.07) is 62.6. The van der Waals surface area contributed by atoms with E-state index in [0.717, 1.165) is 72.5 Å². The van der Waals surface area contributed by atoms with E-state index in [-0.39, 0.29) is 5.92 Å². The van der Waals surface area contributed by atoms with E-state index in [9.17, 15) is 0 Å². The number of benzene rings is 9. The van der Waals surface area contributed by atoms with E-state index in [0.29, 0.717) is 17.5 Å². The minimum absolute atomic E-state index is 0.250. The van der Waals surface area contributed by atoms with E-state index in [1.807, 2.05) is 18.2 Å². The Morgan fingerprint density at radius 3 is 1.85 bits per heavy atom. The molecule has 62 heavy (non-hydrogen) atoms. The number of furan rings is 1. The summed E-state index contributed by atoms with van der Waals surface area (Å²) in [5.74, 6) is 2.20. The van der Waals surface area contributed by atoms with Crippen molar-refractivity contribution in [2.75, 3.05) is 0 Å². The number of aromatic nitrogens is 4. The van der Waals surface area contributed by atoms with Gasteiger partial charge < -0.3 is 8.98 Å². The number of fused-ring (bicyclic) bond motifs is 10. The van der Waals surface area contributed by atoms with Crippen LogP contribution in [0.3, 0.4) is 0 Å². The Kier molecular flexibility index (Phi) is 7.66. The molecule has 1 atom stereocenters. The first-order valence-corrected chi connectivity index (χ1v) is 21.2. The number of para-hydroxylation sites is 1. The molecule has 0 saturated carbocycles. The third kappa shape index (κ3) is 5.45. The molecule has 3 heterocycles. The van der Waals surface area contributed by atoms with Crippen LogP contribution < -0.4 is 0 Å². The topological polar surface area (TPSA) is 56.7 Å². The zero-order valence-corrected chi connectivity index (χ0v) is 33.5. The molecule has 290 valence electrons. The molecule has 9 aromatic carbocycles. The Balaban J connectivity index is 0.995. The predicted octanol–water partition coefficient (Wildman–Crippen LogP) is 14.9. The second-order valence-electron chi connectivity index (χ2n) is 16.3. The average molecular weight is 793 g/mol. The first-order chi connectivity index (χ1) is 30.7. The molecule has 0 N–H and O–H groups in total. The van der Waals surface area contributed by atoms with Gasteiger partial charge in [-0.25, -0.2) is 15.0 Å². The van der Waals surface area contributed by atoms with Gasteiger partial charge in [0, 0.05) is 44.2 Å². The largest absolute Gasteiger partial charge is 0.454 e. The maximum atomic E-state index is 6.93. The molecule has 0 radical (unpaired) electrons. The van der Waals surface area contributed by atoms with E-state index in [2.05, 4.69) is 187 Å². The van der Waals surface area contributed by atoms with Gasteiger partial charge in [0.25, 0.3) is 0 Å². The van der Waals surface area contributed by atoms with Crippen LogP contribution in [-0.2, 0) is 0 Å². The van der Waals surface area contributed by atoms with Crippen molar-refractivity contribution in [1.82, 2.24) is 19.5 Å². The molecule has 0 spiro atoms. The van der Waals surface area contributed by atoms with Crippen LogP contribution >= 0.6 is 0 Å². The van der Waals surface area contributed by atoms with Crippen molar-refractivity contribution in [2.45, 2.75) is 12.3 Å². The number of hydrogen-bond donors (Lipinski definition) is 0. The molecule has 1 aliphatic rings. The molecular weight excluding hydrogens is 757 g/mol. The maximum absolute atomic E-state index is 6.93. The second-order valence-corrected chi connectivity index (χ2v) is 16.3. The summed E-state index contributed by atoms with van der Waals surface area (Å²) in [7, 11) is 0. The monoisotopic (exact) mass is 792 g/mol. The Labute approximate surface area is 356 Å². The van der Waals surface area contributed by atoms with Gasteiger partial charge in [-0.05, 0) is 86.8 Å². The summed E-state index contributed by atoms with van der Waals surface area (Å²) in [6.07, 6.45) is 9.66. The molecule has 5 nitrogen and oxygen atoms in total. The third-order valence-corrected chi connectivity index (χ3v) is 12.7. The molecule has 0 saturated heterocycles. The average Bonchev–Trinajstić information content (AvgIpc) is 3.88. The number of nitrogens with zero attached hydrogens (tertiary/aromatic N) is 4. The quantitative estimate of drug-likeness (QED) is 0.174. The summed E-state index contributed by atoms with van der Waals surface area (Å²) in [6.45, 7) is 0. The van der Waals surface area contributed by atoms with Crippen molar-refractivity contribution in [1.29, 1.82) is 0 Å². The summed E-state index contributed by atoms with van der Waals surface area (Å²) >= 11 is 0. The van der Waals surface area contributed by atoms with E-state index >= 15 is 0 Å². The van der Waals surface area contributed by atoms with Crippen molar-refractivity contribution in [3.63, 3.8) is 0 Å². The van der Waals surface area contributed by atoms with E-state index < -0.39 is 0 Å². The lowest BCUT2D eigenvalue weighted by atomic mass is 9.89. The van der Waals surface area contributed by atoms with Gasteiger partial charge in [0.2, 0.25) is 0 Å². The first kappa shape index (κ1) is 34.7. The normalized spacial score (nSPS) is 14.1. The fourth-order valence-corrected chi connectivity index (χ4v) is 9.75. The lowest BCUT2D eigenvalue weighted by Gasteiger charge is -2.18. The lowest BCUT2D eigenvalue weighted by molar-refractivity contribution is 0.666. The second kappa shape index (κ2) is 13.7. The fraction of sp³-hybridized carbons (Fsp3) is 0.0351. The maximum Gasteiger partial charge on any atom is 0.164 e. The summed E-state index contributed by atoms with van der Waals surface area (Å²) in [5, 5.41) is 11.7. The molecule has 1 unspecified atom stereocenters. The van der Waals surface area contributed by atoms with Crippen molar-refractivity contribution in [2.24, 2.45) is 0 Å². The van der Waals surface area contributed by atoms with Crippen LogP contribution in [0.25, 0.3) is 116 Å². The van der Waals surface area contributed by atoms with Crippen molar-refractivity contribution < 1.29 is 4.42 Å². The molecule has 3 aromatic heterocycles. The lowest BCUT2D eigenvalue weighted by Crippen LogP contribution is -2.04. The van der Waals surface area contributed by atoms with E-state index in [4.69, 9.17) is 19.4 Å². The molecule has 0 amide bonds. The van der Waals surface area contributed by atoms with Crippen LogP contribution in [0.2, 0.25) is 0 Å². The van der Waals surface area contributed by atoms with Crippen molar-refractivity contribution in [3.8, 4) is 39.9 Å². The van der Waals surface area contributed by atoms with Gasteiger partial charge >= 0.3 is 0 Å². The molecule has 1 aliphatic carbocycles. The fourth-order valence-electron chi connectivity index (χ4n) is 9.75. The molecule has 12 aromatic rings. The highest BCUT2D eigenvalue weighted by Gasteiger charge is 2.22.